The first-order valence-corrected chi connectivity index (χ1v) is 5.16. The zero-order valence-electron chi connectivity index (χ0n) is 9.17. The molecule has 0 saturated heterocycles. The van der Waals surface area contributed by atoms with Crippen LogP contribution in [0.1, 0.15) is 15.9 Å². The molecule has 0 spiro atoms. The highest BCUT2D eigenvalue weighted by Crippen LogP contribution is 2.11. The maximum atomic E-state index is 10.4. The Morgan fingerprint density at radius 1 is 1.29 bits per heavy atom. The Bertz CT molecular complexity index is 509. The molecule has 0 radical (unpaired) electrons. The Balaban J connectivity index is 1.99. The van der Waals surface area contributed by atoms with E-state index in [2.05, 4.69) is 4.98 Å². The van der Waals surface area contributed by atoms with Gasteiger partial charge in [0.1, 0.15) is 6.61 Å². The van der Waals surface area contributed by atoms with E-state index in [0.29, 0.717) is 23.7 Å². The third-order valence-corrected chi connectivity index (χ3v) is 2.23. The Kier molecular flexibility index (Phi) is 3.35. The zero-order valence-corrected chi connectivity index (χ0v) is 9.17. The quantitative estimate of drug-likeness (QED) is 0.642. The number of aromatic nitrogens is 1. The molecule has 1 heterocycles. The number of benzene rings is 1. The van der Waals surface area contributed by atoms with Crippen molar-refractivity contribution >= 4 is 12.0 Å². The highest BCUT2D eigenvalue weighted by Gasteiger charge is 1.98. The predicted molar refractivity (Wildman–Crippen MR) is 64.8 cm³/mol. The summed E-state index contributed by atoms with van der Waals surface area (Å²) in [7, 11) is 0. The van der Waals surface area contributed by atoms with E-state index in [0.717, 1.165) is 11.8 Å². The summed E-state index contributed by atoms with van der Waals surface area (Å²) < 4.78 is 5.46. The maximum absolute atomic E-state index is 10.4. The van der Waals surface area contributed by atoms with Crippen molar-refractivity contribution < 1.29 is 9.53 Å². The number of pyridine rings is 1. The van der Waals surface area contributed by atoms with Gasteiger partial charge in [-0.05, 0) is 23.8 Å². The van der Waals surface area contributed by atoms with Crippen molar-refractivity contribution in [3.8, 4) is 5.88 Å². The third-order valence-electron chi connectivity index (χ3n) is 2.23. The van der Waals surface area contributed by atoms with Gasteiger partial charge >= 0.3 is 0 Å². The Morgan fingerprint density at radius 3 is 2.82 bits per heavy atom. The number of carbonyl (C=O) groups is 1. The molecule has 2 rings (SSSR count). The summed E-state index contributed by atoms with van der Waals surface area (Å²) in [6, 6.07) is 10.8. The molecule has 0 aliphatic heterocycles. The molecule has 0 fully saturated rings. The zero-order chi connectivity index (χ0) is 12.1. The van der Waals surface area contributed by atoms with Crippen molar-refractivity contribution in [1.82, 2.24) is 4.98 Å². The van der Waals surface area contributed by atoms with E-state index in [1.54, 1.807) is 12.1 Å². The molecule has 17 heavy (non-hydrogen) atoms. The lowest BCUT2D eigenvalue weighted by molar-refractivity contribution is 0.112. The number of hydrogen-bond acceptors (Lipinski definition) is 4. The third kappa shape index (κ3) is 3.04. The highest BCUT2D eigenvalue weighted by atomic mass is 16.5. The normalized spacial score (nSPS) is 9.88. The molecule has 0 bridgehead atoms. The predicted octanol–water partition coefficient (Wildman–Crippen LogP) is 2.06. The van der Waals surface area contributed by atoms with Gasteiger partial charge < -0.3 is 10.5 Å². The molecule has 1 aromatic carbocycles. The van der Waals surface area contributed by atoms with E-state index >= 15 is 0 Å². The number of rotatable bonds is 4. The van der Waals surface area contributed by atoms with Crippen LogP contribution in [-0.2, 0) is 6.61 Å². The lowest BCUT2D eigenvalue weighted by Gasteiger charge is -2.05. The smallest absolute Gasteiger partial charge is 0.213 e. The molecule has 1 aromatic heterocycles. The van der Waals surface area contributed by atoms with Gasteiger partial charge in [-0.25, -0.2) is 4.98 Å². The number of nitrogens with zero attached hydrogens (tertiary/aromatic N) is 1. The van der Waals surface area contributed by atoms with Crippen LogP contribution >= 0.6 is 0 Å². The SMILES string of the molecule is Nc1cccc(COc2ccc(C=O)cn2)c1. The second kappa shape index (κ2) is 5.12. The lowest BCUT2D eigenvalue weighted by Crippen LogP contribution is -1.98. The van der Waals surface area contributed by atoms with E-state index in [9.17, 15) is 4.79 Å². The first-order valence-electron chi connectivity index (χ1n) is 5.16. The number of aldehydes is 1. The molecule has 4 nitrogen and oxygen atoms in total. The first kappa shape index (κ1) is 11.1. The largest absolute Gasteiger partial charge is 0.473 e. The van der Waals surface area contributed by atoms with Crippen LogP contribution in [0.25, 0.3) is 0 Å². The molecule has 0 amide bonds. The van der Waals surface area contributed by atoms with Crippen LogP contribution in [-0.4, -0.2) is 11.3 Å². The van der Waals surface area contributed by atoms with Gasteiger partial charge in [0.05, 0.1) is 0 Å². The average molecular weight is 228 g/mol. The monoisotopic (exact) mass is 228 g/mol. The van der Waals surface area contributed by atoms with Crippen LogP contribution in [0.2, 0.25) is 0 Å². The summed E-state index contributed by atoms with van der Waals surface area (Å²) in [5, 5.41) is 0. The molecule has 0 aliphatic carbocycles. The van der Waals surface area contributed by atoms with Crippen LogP contribution < -0.4 is 10.5 Å². The van der Waals surface area contributed by atoms with Crippen LogP contribution in [0.3, 0.4) is 0 Å². The topological polar surface area (TPSA) is 65.2 Å². The number of ether oxygens (including phenoxy) is 1. The van der Waals surface area contributed by atoms with Gasteiger partial charge in [-0.2, -0.15) is 0 Å². The van der Waals surface area contributed by atoms with Crippen LogP contribution in [0.4, 0.5) is 5.69 Å². The van der Waals surface area contributed by atoms with Crippen molar-refractivity contribution in [1.29, 1.82) is 0 Å². The molecule has 0 saturated carbocycles. The minimum Gasteiger partial charge on any atom is -0.473 e. The Morgan fingerprint density at radius 2 is 2.18 bits per heavy atom. The summed E-state index contributed by atoms with van der Waals surface area (Å²) in [5.41, 5.74) is 7.87. The summed E-state index contributed by atoms with van der Waals surface area (Å²) in [6.45, 7) is 0.401. The molecule has 2 N–H and O–H groups in total. The van der Waals surface area contributed by atoms with Gasteiger partial charge in [-0.15, -0.1) is 0 Å². The summed E-state index contributed by atoms with van der Waals surface area (Å²) in [5.74, 6) is 0.484. The van der Waals surface area contributed by atoms with Gasteiger partial charge in [0.2, 0.25) is 5.88 Å². The lowest BCUT2D eigenvalue weighted by atomic mass is 10.2. The Hall–Kier alpha value is -2.36. The molecule has 0 aliphatic rings. The highest BCUT2D eigenvalue weighted by molar-refractivity contribution is 5.73. The fourth-order valence-corrected chi connectivity index (χ4v) is 1.39. The number of nitrogens with two attached hydrogens (primary N) is 1. The van der Waals surface area contributed by atoms with Crippen molar-refractivity contribution in [2.75, 3.05) is 5.73 Å². The van der Waals surface area contributed by atoms with E-state index in [-0.39, 0.29) is 0 Å². The van der Waals surface area contributed by atoms with Crippen LogP contribution in [0.5, 0.6) is 5.88 Å². The standard InChI is InChI=1S/C13H12N2O2/c14-12-3-1-2-10(6-12)9-17-13-5-4-11(8-16)7-15-13/h1-8H,9,14H2. The summed E-state index contributed by atoms with van der Waals surface area (Å²) >= 11 is 0. The second-order valence-corrected chi connectivity index (χ2v) is 3.58. The average Bonchev–Trinajstić information content (AvgIpc) is 2.37. The number of carbonyl (C=O) groups excluding carboxylic acids is 1. The molecular formula is C13H12N2O2. The van der Waals surface area contributed by atoms with Crippen molar-refractivity contribution in [3.63, 3.8) is 0 Å². The van der Waals surface area contributed by atoms with E-state index in [1.807, 2.05) is 24.3 Å². The molecule has 2 aromatic rings. The van der Waals surface area contributed by atoms with Crippen molar-refractivity contribution in [2.24, 2.45) is 0 Å². The van der Waals surface area contributed by atoms with E-state index < -0.39 is 0 Å². The van der Waals surface area contributed by atoms with E-state index in [1.165, 1.54) is 6.20 Å². The molecule has 86 valence electrons. The molecular weight excluding hydrogens is 216 g/mol. The van der Waals surface area contributed by atoms with Crippen molar-refractivity contribution in [2.45, 2.75) is 6.61 Å². The van der Waals surface area contributed by atoms with Gasteiger partial charge in [-0.3, -0.25) is 4.79 Å². The van der Waals surface area contributed by atoms with Gasteiger partial charge in [0.15, 0.2) is 6.29 Å². The summed E-state index contributed by atoms with van der Waals surface area (Å²) in [4.78, 5) is 14.4. The molecule has 4 heteroatoms. The number of anilines is 1. The molecule has 0 atom stereocenters. The first-order chi connectivity index (χ1) is 8.28. The fraction of sp³-hybridized carbons (Fsp3) is 0.0769. The minimum atomic E-state index is 0.401. The van der Waals surface area contributed by atoms with Crippen LogP contribution in [0.15, 0.2) is 42.6 Å². The minimum absolute atomic E-state index is 0.401. The van der Waals surface area contributed by atoms with Gasteiger partial charge in [-0.1, -0.05) is 12.1 Å². The van der Waals surface area contributed by atoms with E-state index in [4.69, 9.17) is 10.5 Å². The Labute approximate surface area is 99.1 Å². The maximum Gasteiger partial charge on any atom is 0.213 e. The summed E-state index contributed by atoms with van der Waals surface area (Å²) in [6.07, 6.45) is 2.22. The van der Waals surface area contributed by atoms with Crippen LogP contribution in [0, 0.1) is 0 Å². The fourth-order valence-electron chi connectivity index (χ4n) is 1.39. The second-order valence-electron chi connectivity index (χ2n) is 3.58. The number of nitrogen functional groups attached to an aromatic ring is 1. The molecule has 0 unspecified atom stereocenters. The van der Waals surface area contributed by atoms with Gasteiger partial charge in [0.25, 0.3) is 0 Å². The van der Waals surface area contributed by atoms with Crippen molar-refractivity contribution in [3.05, 3.63) is 53.7 Å². The number of hydrogen-bond donors (Lipinski definition) is 1. The van der Waals surface area contributed by atoms with Gasteiger partial charge in [0, 0.05) is 23.5 Å².